The Kier molecular flexibility index (Phi) is 21.1. The van der Waals surface area contributed by atoms with Crippen molar-refractivity contribution in [2.45, 2.75) is 236 Å². The summed E-state index contributed by atoms with van der Waals surface area (Å²) in [4.78, 5) is 0. The Balaban J connectivity index is 2.07. The van der Waals surface area contributed by atoms with Gasteiger partial charge in [0.2, 0.25) is 0 Å². The molecule has 0 aromatic carbocycles. The zero-order valence-electron chi connectivity index (χ0n) is 32.0. The minimum atomic E-state index is 0.452. The van der Waals surface area contributed by atoms with Crippen LogP contribution in [0.3, 0.4) is 0 Å². The molecule has 0 heterocycles. The van der Waals surface area contributed by atoms with Crippen molar-refractivity contribution in [2.75, 3.05) is 0 Å². The fraction of sp³-hybridized carbons (Fsp3) is 0.953. The van der Waals surface area contributed by atoms with Gasteiger partial charge in [0.1, 0.15) is 0 Å². The molecule has 2 unspecified atom stereocenters. The van der Waals surface area contributed by atoms with E-state index in [2.05, 4.69) is 69.2 Å². The van der Waals surface area contributed by atoms with E-state index in [4.69, 9.17) is 0 Å². The third-order valence-electron chi connectivity index (χ3n) is 11.7. The molecular weight excluding hydrogens is 516 g/mol. The second-order valence-corrected chi connectivity index (χ2v) is 18.0. The lowest BCUT2D eigenvalue weighted by atomic mass is 9.70. The smallest absolute Gasteiger partial charge is 0.0142 e. The van der Waals surface area contributed by atoms with Crippen molar-refractivity contribution in [1.29, 1.82) is 0 Å². The highest BCUT2D eigenvalue weighted by Crippen LogP contribution is 2.43. The van der Waals surface area contributed by atoms with Gasteiger partial charge in [-0.05, 0) is 92.8 Å². The molecule has 0 aliphatic heterocycles. The van der Waals surface area contributed by atoms with Gasteiger partial charge < -0.3 is 0 Å². The minimum Gasteiger partial charge on any atom is -0.0736 e. The topological polar surface area (TPSA) is 0 Å². The Bertz CT molecular complexity index is 704. The maximum absolute atomic E-state index is 2.54. The molecule has 256 valence electrons. The van der Waals surface area contributed by atoms with Crippen molar-refractivity contribution in [2.24, 2.45) is 28.1 Å². The van der Waals surface area contributed by atoms with Crippen LogP contribution in [0.4, 0.5) is 0 Å². The van der Waals surface area contributed by atoms with Crippen LogP contribution >= 0.6 is 0 Å². The van der Waals surface area contributed by atoms with Gasteiger partial charge in [-0.3, -0.25) is 0 Å². The average molecular weight is 601 g/mol. The Morgan fingerprint density at radius 3 is 1.56 bits per heavy atom. The van der Waals surface area contributed by atoms with Gasteiger partial charge in [-0.1, -0.05) is 183 Å². The molecule has 43 heavy (non-hydrogen) atoms. The van der Waals surface area contributed by atoms with Gasteiger partial charge >= 0.3 is 0 Å². The molecule has 2 atom stereocenters. The van der Waals surface area contributed by atoms with Crippen LogP contribution in [0.2, 0.25) is 0 Å². The van der Waals surface area contributed by atoms with E-state index in [1.165, 1.54) is 167 Å². The summed E-state index contributed by atoms with van der Waals surface area (Å²) >= 11 is 0. The maximum atomic E-state index is 2.54. The van der Waals surface area contributed by atoms with Crippen molar-refractivity contribution in [1.82, 2.24) is 0 Å². The predicted octanol–water partition coefficient (Wildman–Crippen LogP) is 15.8. The lowest BCUT2D eigenvalue weighted by molar-refractivity contribution is 0.234. The SMILES string of the molecule is CCCCCCCCCCCCC(C)(C)CCCC(C)(C)CCCCC(C)CCCC(C)CCC1=C(C)CCCC1(C)C. The number of hydrogen-bond donors (Lipinski definition) is 0. The first-order valence-corrected chi connectivity index (χ1v) is 20.0. The molecule has 0 saturated heterocycles. The largest absolute Gasteiger partial charge is 0.0736 e. The summed E-state index contributed by atoms with van der Waals surface area (Å²) in [7, 11) is 0. The molecule has 0 bridgehead atoms. The Labute approximate surface area is 274 Å². The van der Waals surface area contributed by atoms with Gasteiger partial charge in [-0.15, -0.1) is 0 Å². The van der Waals surface area contributed by atoms with Crippen molar-refractivity contribution in [3.05, 3.63) is 11.1 Å². The van der Waals surface area contributed by atoms with Crippen molar-refractivity contribution >= 4 is 0 Å². The van der Waals surface area contributed by atoms with Gasteiger partial charge in [0.25, 0.3) is 0 Å². The number of hydrogen-bond acceptors (Lipinski definition) is 0. The number of rotatable bonds is 27. The molecule has 0 aromatic heterocycles. The fourth-order valence-corrected chi connectivity index (χ4v) is 8.20. The Morgan fingerprint density at radius 2 is 1.02 bits per heavy atom. The van der Waals surface area contributed by atoms with E-state index in [-0.39, 0.29) is 0 Å². The molecule has 0 radical (unpaired) electrons. The molecule has 0 nitrogen and oxygen atoms in total. The van der Waals surface area contributed by atoms with Gasteiger partial charge in [-0.2, -0.15) is 0 Å². The Morgan fingerprint density at radius 1 is 0.581 bits per heavy atom. The van der Waals surface area contributed by atoms with Crippen molar-refractivity contribution < 1.29 is 0 Å². The minimum absolute atomic E-state index is 0.452. The van der Waals surface area contributed by atoms with Gasteiger partial charge in [0.05, 0.1) is 0 Å². The molecule has 0 amide bonds. The molecule has 0 saturated carbocycles. The van der Waals surface area contributed by atoms with Crippen LogP contribution in [0.5, 0.6) is 0 Å². The van der Waals surface area contributed by atoms with Gasteiger partial charge in [0, 0.05) is 0 Å². The predicted molar refractivity (Wildman–Crippen MR) is 198 cm³/mol. The van der Waals surface area contributed by atoms with Gasteiger partial charge in [-0.25, -0.2) is 0 Å². The summed E-state index contributed by atoms with van der Waals surface area (Å²) in [6.07, 6.45) is 37.1. The first-order chi connectivity index (χ1) is 20.3. The highest BCUT2D eigenvalue weighted by Gasteiger charge is 2.28. The summed E-state index contributed by atoms with van der Waals surface area (Å²) in [5.41, 5.74) is 5.02. The summed E-state index contributed by atoms with van der Waals surface area (Å²) in [6.45, 7) is 24.9. The quantitative estimate of drug-likeness (QED) is 0.0650. The normalized spacial score (nSPS) is 17.4. The third-order valence-corrected chi connectivity index (χ3v) is 11.7. The maximum Gasteiger partial charge on any atom is -0.0142 e. The molecule has 0 fully saturated rings. The highest BCUT2D eigenvalue weighted by atomic mass is 14.3. The van der Waals surface area contributed by atoms with E-state index >= 15 is 0 Å². The van der Waals surface area contributed by atoms with Crippen molar-refractivity contribution in [3.8, 4) is 0 Å². The lowest BCUT2D eigenvalue weighted by Crippen LogP contribution is -2.20. The van der Waals surface area contributed by atoms with E-state index < -0.39 is 0 Å². The van der Waals surface area contributed by atoms with Crippen LogP contribution in [0.1, 0.15) is 236 Å². The summed E-state index contributed by atoms with van der Waals surface area (Å²) in [5.74, 6) is 1.79. The molecular formula is C43H84. The first kappa shape index (κ1) is 40.8. The zero-order valence-corrected chi connectivity index (χ0v) is 32.0. The fourth-order valence-electron chi connectivity index (χ4n) is 8.20. The van der Waals surface area contributed by atoms with E-state index in [0.29, 0.717) is 16.2 Å². The van der Waals surface area contributed by atoms with E-state index in [1.54, 1.807) is 11.1 Å². The molecule has 0 heteroatoms. The molecule has 1 rings (SSSR count). The summed E-state index contributed by atoms with van der Waals surface area (Å²) in [5, 5.41) is 0. The standard InChI is InChI=1S/C43H84/c1-11-12-13-14-15-16-17-18-19-21-32-41(5,6)34-25-35-42(7,8)33-22-20-26-37(2)27-23-28-38(3)30-31-40-39(4)29-24-36-43(40,9)10/h37-38H,11-36H2,1-10H3. The van der Waals surface area contributed by atoms with Crippen LogP contribution in [-0.4, -0.2) is 0 Å². The molecule has 1 aliphatic carbocycles. The molecule has 0 N–H and O–H groups in total. The van der Waals surface area contributed by atoms with Crippen LogP contribution < -0.4 is 0 Å². The number of unbranched alkanes of at least 4 members (excludes halogenated alkanes) is 10. The molecule has 0 aromatic rings. The average Bonchev–Trinajstić information content (AvgIpc) is 2.91. The zero-order chi connectivity index (χ0) is 32.2. The van der Waals surface area contributed by atoms with Crippen LogP contribution in [0.15, 0.2) is 11.1 Å². The third kappa shape index (κ3) is 20.5. The molecule has 0 spiro atoms. The van der Waals surface area contributed by atoms with Crippen LogP contribution in [0, 0.1) is 28.1 Å². The monoisotopic (exact) mass is 601 g/mol. The summed E-state index contributed by atoms with van der Waals surface area (Å²) in [6, 6.07) is 0. The van der Waals surface area contributed by atoms with E-state index in [0.717, 1.165) is 11.8 Å². The Hall–Kier alpha value is -0.260. The highest BCUT2D eigenvalue weighted by molar-refractivity contribution is 5.22. The van der Waals surface area contributed by atoms with Crippen LogP contribution in [-0.2, 0) is 0 Å². The van der Waals surface area contributed by atoms with E-state index in [1.807, 2.05) is 0 Å². The van der Waals surface area contributed by atoms with Crippen molar-refractivity contribution in [3.63, 3.8) is 0 Å². The van der Waals surface area contributed by atoms with Crippen LogP contribution in [0.25, 0.3) is 0 Å². The van der Waals surface area contributed by atoms with Gasteiger partial charge in [0.15, 0.2) is 0 Å². The summed E-state index contributed by atoms with van der Waals surface area (Å²) < 4.78 is 0. The number of allylic oxidation sites excluding steroid dienone is 2. The second kappa shape index (κ2) is 22.3. The lowest BCUT2D eigenvalue weighted by Gasteiger charge is -2.35. The first-order valence-electron chi connectivity index (χ1n) is 20.0. The second-order valence-electron chi connectivity index (χ2n) is 18.0. The molecule has 1 aliphatic rings. The van der Waals surface area contributed by atoms with E-state index in [9.17, 15) is 0 Å².